The minimum atomic E-state index is 0.404. The van der Waals surface area contributed by atoms with Crippen LogP contribution in [0.5, 0.6) is 0 Å². The lowest BCUT2D eigenvalue weighted by atomic mass is 10.0. The van der Waals surface area contributed by atoms with Crippen molar-refractivity contribution in [1.82, 2.24) is 14.9 Å². The zero-order chi connectivity index (χ0) is 22.3. The summed E-state index contributed by atoms with van der Waals surface area (Å²) < 4.78 is 0. The first-order chi connectivity index (χ1) is 16.3. The molecule has 4 aromatic rings. The number of rotatable bonds is 8. The lowest BCUT2D eigenvalue weighted by molar-refractivity contribution is 0.221. The standard InChI is InChI=1S/C28H31N5/c1-3-9-22(10-4-1)15-18-33-19-16-24(17-20-33)30-28-31-26-14-8-7-13-25(26)27(32-28)29-21-23-11-5-2-6-12-23/h1-14,24H,15-21H2,(H2,29,30,31,32). The van der Waals surface area contributed by atoms with E-state index in [0.29, 0.717) is 12.0 Å². The maximum absolute atomic E-state index is 4.86. The van der Waals surface area contributed by atoms with E-state index >= 15 is 0 Å². The van der Waals surface area contributed by atoms with E-state index in [-0.39, 0.29) is 0 Å². The molecule has 168 valence electrons. The van der Waals surface area contributed by atoms with Crippen LogP contribution in [0.3, 0.4) is 0 Å². The lowest BCUT2D eigenvalue weighted by Gasteiger charge is -2.32. The van der Waals surface area contributed by atoms with Crippen LogP contribution >= 0.6 is 0 Å². The van der Waals surface area contributed by atoms with Gasteiger partial charge in [0.05, 0.1) is 5.52 Å². The second-order valence-corrected chi connectivity index (χ2v) is 8.75. The monoisotopic (exact) mass is 437 g/mol. The molecule has 0 atom stereocenters. The van der Waals surface area contributed by atoms with Crippen LogP contribution in [-0.2, 0) is 13.0 Å². The first-order valence-electron chi connectivity index (χ1n) is 11.9. The molecule has 1 aromatic heterocycles. The third-order valence-electron chi connectivity index (χ3n) is 6.39. The van der Waals surface area contributed by atoms with E-state index in [1.165, 1.54) is 11.1 Å². The van der Waals surface area contributed by atoms with Crippen molar-refractivity contribution in [1.29, 1.82) is 0 Å². The molecule has 1 aliphatic rings. The van der Waals surface area contributed by atoms with E-state index in [9.17, 15) is 0 Å². The topological polar surface area (TPSA) is 53.1 Å². The van der Waals surface area contributed by atoms with Gasteiger partial charge >= 0.3 is 0 Å². The Kier molecular flexibility index (Phi) is 6.78. The van der Waals surface area contributed by atoms with E-state index in [2.05, 4.69) is 82.3 Å². The minimum absolute atomic E-state index is 0.404. The first kappa shape index (κ1) is 21.4. The maximum atomic E-state index is 4.86. The Bertz CT molecular complexity index is 1150. The van der Waals surface area contributed by atoms with E-state index < -0.39 is 0 Å². The van der Waals surface area contributed by atoms with Gasteiger partial charge in [0.2, 0.25) is 5.95 Å². The van der Waals surface area contributed by atoms with Gasteiger partial charge in [0.1, 0.15) is 5.82 Å². The van der Waals surface area contributed by atoms with Crippen LogP contribution in [0.1, 0.15) is 24.0 Å². The summed E-state index contributed by atoms with van der Waals surface area (Å²) >= 11 is 0. The van der Waals surface area contributed by atoms with Crippen LogP contribution < -0.4 is 10.6 Å². The molecule has 33 heavy (non-hydrogen) atoms. The molecule has 5 rings (SSSR count). The average molecular weight is 438 g/mol. The third-order valence-corrected chi connectivity index (χ3v) is 6.39. The Morgan fingerprint density at radius 3 is 2.18 bits per heavy atom. The molecule has 0 radical (unpaired) electrons. The first-order valence-corrected chi connectivity index (χ1v) is 11.9. The number of nitrogens with one attached hydrogen (secondary N) is 2. The molecule has 3 aromatic carbocycles. The number of benzene rings is 3. The summed E-state index contributed by atoms with van der Waals surface area (Å²) in [4.78, 5) is 12.2. The minimum Gasteiger partial charge on any atom is -0.365 e. The molecule has 2 N–H and O–H groups in total. The molecule has 0 aliphatic carbocycles. The van der Waals surface area contributed by atoms with Gasteiger partial charge in [0.25, 0.3) is 0 Å². The summed E-state index contributed by atoms with van der Waals surface area (Å²) in [6.45, 7) is 4.08. The highest BCUT2D eigenvalue weighted by atomic mass is 15.2. The lowest BCUT2D eigenvalue weighted by Crippen LogP contribution is -2.40. The summed E-state index contributed by atoms with van der Waals surface area (Å²) in [5.41, 5.74) is 3.61. The second kappa shape index (κ2) is 10.5. The Morgan fingerprint density at radius 2 is 1.42 bits per heavy atom. The van der Waals surface area contributed by atoms with Gasteiger partial charge in [-0.1, -0.05) is 72.8 Å². The van der Waals surface area contributed by atoms with Gasteiger partial charge in [0.15, 0.2) is 0 Å². The van der Waals surface area contributed by atoms with Gasteiger partial charge in [-0.05, 0) is 42.5 Å². The van der Waals surface area contributed by atoms with Crippen molar-refractivity contribution in [2.24, 2.45) is 0 Å². The van der Waals surface area contributed by atoms with Crippen molar-refractivity contribution in [3.05, 3.63) is 96.1 Å². The molecule has 0 unspecified atom stereocenters. The van der Waals surface area contributed by atoms with Crippen molar-refractivity contribution < 1.29 is 0 Å². The molecule has 5 heteroatoms. The molecule has 0 spiro atoms. The molecule has 1 fully saturated rings. The Morgan fingerprint density at radius 1 is 0.758 bits per heavy atom. The molecule has 0 saturated carbocycles. The van der Waals surface area contributed by atoms with Crippen LogP contribution in [-0.4, -0.2) is 40.5 Å². The number of aromatic nitrogens is 2. The second-order valence-electron chi connectivity index (χ2n) is 8.75. The fourth-order valence-electron chi connectivity index (χ4n) is 4.47. The summed E-state index contributed by atoms with van der Waals surface area (Å²) in [7, 11) is 0. The average Bonchev–Trinajstić information content (AvgIpc) is 2.88. The number of fused-ring (bicyclic) bond motifs is 1. The maximum Gasteiger partial charge on any atom is 0.225 e. The fourth-order valence-corrected chi connectivity index (χ4v) is 4.47. The van der Waals surface area contributed by atoms with Gasteiger partial charge in [-0.15, -0.1) is 0 Å². The van der Waals surface area contributed by atoms with Crippen LogP contribution in [0.4, 0.5) is 11.8 Å². The van der Waals surface area contributed by atoms with Crippen molar-refractivity contribution >= 4 is 22.7 Å². The Hall–Kier alpha value is -3.44. The predicted molar refractivity (Wildman–Crippen MR) is 137 cm³/mol. The van der Waals surface area contributed by atoms with Gasteiger partial charge < -0.3 is 15.5 Å². The highest BCUT2D eigenvalue weighted by Crippen LogP contribution is 2.24. The van der Waals surface area contributed by atoms with E-state index in [1.54, 1.807) is 0 Å². The van der Waals surface area contributed by atoms with Crippen LogP contribution in [0.2, 0.25) is 0 Å². The molecular weight excluding hydrogens is 406 g/mol. The Balaban J connectivity index is 1.21. The van der Waals surface area contributed by atoms with Crippen molar-refractivity contribution in [2.45, 2.75) is 31.8 Å². The third kappa shape index (κ3) is 5.68. The van der Waals surface area contributed by atoms with E-state index in [1.807, 2.05) is 18.2 Å². The summed E-state index contributed by atoms with van der Waals surface area (Å²) in [5.74, 6) is 1.60. The van der Waals surface area contributed by atoms with Gasteiger partial charge in [0, 0.05) is 37.6 Å². The number of hydrogen-bond acceptors (Lipinski definition) is 5. The smallest absolute Gasteiger partial charge is 0.225 e. The fraction of sp³-hybridized carbons (Fsp3) is 0.286. The predicted octanol–water partition coefficient (Wildman–Crippen LogP) is 5.36. The SMILES string of the molecule is c1ccc(CCN2CCC(Nc3nc(NCc4ccccc4)c4ccccc4n3)CC2)cc1. The molecule has 2 heterocycles. The summed E-state index contributed by atoms with van der Waals surface area (Å²) in [6, 6.07) is 29.8. The highest BCUT2D eigenvalue weighted by molar-refractivity contribution is 5.90. The van der Waals surface area contributed by atoms with Gasteiger partial charge in [-0.25, -0.2) is 4.98 Å². The quantitative estimate of drug-likeness (QED) is 0.389. The molecule has 5 nitrogen and oxygen atoms in total. The number of nitrogens with zero attached hydrogens (tertiary/aromatic N) is 3. The van der Waals surface area contributed by atoms with Crippen LogP contribution in [0.25, 0.3) is 10.9 Å². The van der Waals surface area contributed by atoms with Crippen LogP contribution in [0, 0.1) is 0 Å². The number of anilines is 2. The zero-order valence-electron chi connectivity index (χ0n) is 19.0. The summed E-state index contributed by atoms with van der Waals surface area (Å²) in [5, 5.41) is 8.19. The van der Waals surface area contributed by atoms with E-state index in [0.717, 1.165) is 62.2 Å². The number of piperidine rings is 1. The molecule has 1 aliphatic heterocycles. The van der Waals surface area contributed by atoms with Crippen molar-refractivity contribution in [2.75, 3.05) is 30.3 Å². The van der Waals surface area contributed by atoms with Crippen molar-refractivity contribution in [3.8, 4) is 0 Å². The number of para-hydroxylation sites is 1. The normalized spacial score (nSPS) is 14.9. The molecule has 0 amide bonds. The Labute approximate surface area is 195 Å². The van der Waals surface area contributed by atoms with E-state index in [4.69, 9.17) is 9.97 Å². The van der Waals surface area contributed by atoms with Gasteiger partial charge in [-0.3, -0.25) is 0 Å². The number of likely N-dealkylation sites (tertiary alicyclic amines) is 1. The van der Waals surface area contributed by atoms with Gasteiger partial charge in [-0.2, -0.15) is 4.98 Å². The summed E-state index contributed by atoms with van der Waals surface area (Å²) in [6.07, 6.45) is 3.33. The zero-order valence-corrected chi connectivity index (χ0v) is 19.0. The van der Waals surface area contributed by atoms with Crippen LogP contribution in [0.15, 0.2) is 84.9 Å². The number of hydrogen-bond donors (Lipinski definition) is 2. The van der Waals surface area contributed by atoms with Crippen molar-refractivity contribution in [3.63, 3.8) is 0 Å². The largest absolute Gasteiger partial charge is 0.365 e. The molecule has 1 saturated heterocycles. The molecular formula is C28H31N5. The highest BCUT2D eigenvalue weighted by Gasteiger charge is 2.20. The molecule has 0 bridgehead atoms.